The molecule has 0 heterocycles. The maximum atomic E-state index is 12.6. The summed E-state index contributed by atoms with van der Waals surface area (Å²) in [5.41, 5.74) is 1.66. The number of sulfonamides is 1. The molecule has 0 saturated carbocycles. The Morgan fingerprint density at radius 3 is 1.07 bits per heavy atom. The standard InChI is InChI=1S/C20H19NO3S.2C6H5ClO2S.3CO2/c1-21(25(22,23)20-10-6-3-7-11-20)18-12-14-19(15-13-18)24-16-17-8-4-2-5-9-17;2*7-10(8,9)6-4-2-1-3-5-6;3*2-1-3/h2-15H,16H2,1H3;2*1-5H;;;. The first-order chi connectivity index (χ1) is 25.5. The lowest BCUT2D eigenvalue weighted by molar-refractivity contribution is -0.193. The lowest BCUT2D eigenvalue weighted by Crippen LogP contribution is -2.26. The maximum Gasteiger partial charge on any atom is 0.373 e. The molecule has 0 aromatic heterocycles. The lowest BCUT2D eigenvalue weighted by Gasteiger charge is -2.19. The van der Waals surface area contributed by atoms with Crippen LogP contribution < -0.4 is 9.04 Å². The Labute approximate surface area is 320 Å². The highest BCUT2D eigenvalue weighted by atomic mass is 35.7. The van der Waals surface area contributed by atoms with Gasteiger partial charge in [-0.2, -0.15) is 28.8 Å². The number of carbonyl (C=O) groups excluding carboxylic acids is 6. The normalized spacial score (nSPS) is 9.76. The van der Waals surface area contributed by atoms with Gasteiger partial charge in [0.25, 0.3) is 28.1 Å². The first-order valence-corrected chi connectivity index (χ1v) is 20.4. The Balaban J connectivity index is 0.000000797. The van der Waals surface area contributed by atoms with Gasteiger partial charge in [-0.1, -0.05) is 84.9 Å². The summed E-state index contributed by atoms with van der Waals surface area (Å²) in [5.74, 6) is 0.693. The van der Waals surface area contributed by atoms with Crippen molar-refractivity contribution in [2.24, 2.45) is 0 Å². The maximum absolute atomic E-state index is 12.6. The average Bonchev–Trinajstić information content (AvgIpc) is 3.16. The predicted octanol–water partition coefficient (Wildman–Crippen LogP) is 5.57. The fourth-order valence-electron chi connectivity index (χ4n) is 3.55. The van der Waals surface area contributed by atoms with Crippen LogP contribution in [-0.2, 0) is 63.5 Å². The number of ether oxygens (including phenoxy) is 1. The molecule has 0 fully saturated rings. The molecule has 0 amide bonds. The van der Waals surface area contributed by atoms with E-state index in [-0.39, 0.29) is 33.1 Å². The molecule has 5 rings (SSSR count). The Morgan fingerprint density at radius 1 is 0.481 bits per heavy atom. The topological polar surface area (TPSA) is 217 Å². The summed E-state index contributed by atoms with van der Waals surface area (Å²) in [6, 6.07) is 41.0. The molecule has 0 aliphatic rings. The zero-order valence-electron chi connectivity index (χ0n) is 27.8. The van der Waals surface area contributed by atoms with Gasteiger partial charge in [0.1, 0.15) is 12.4 Å². The number of halogens is 2. The van der Waals surface area contributed by atoms with E-state index in [4.69, 9.17) is 54.9 Å². The van der Waals surface area contributed by atoms with Crippen molar-refractivity contribution in [3.05, 3.63) is 151 Å². The van der Waals surface area contributed by atoms with Crippen molar-refractivity contribution in [1.29, 1.82) is 0 Å². The second-order valence-corrected chi connectivity index (χ2v) is 16.4. The summed E-state index contributed by atoms with van der Waals surface area (Å²) in [4.78, 5) is 49.3. The predicted molar refractivity (Wildman–Crippen MR) is 193 cm³/mol. The van der Waals surface area contributed by atoms with E-state index in [9.17, 15) is 25.3 Å². The summed E-state index contributed by atoms with van der Waals surface area (Å²) in [5, 5.41) is 0. The van der Waals surface area contributed by atoms with Crippen LogP contribution in [0.15, 0.2) is 160 Å². The number of nitrogens with zero attached hydrogens (tertiary/aromatic N) is 1. The van der Waals surface area contributed by atoms with Gasteiger partial charge in [-0.05, 0) is 66.2 Å². The minimum absolute atomic E-state index is 0.136. The minimum atomic E-state index is -3.57. The Morgan fingerprint density at radius 2 is 0.778 bits per heavy atom. The van der Waals surface area contributed by atoms with Gasteiger partial charge >= 0.3 is 18.5 Å². The minimum Gasteiger partial charge on any atom is -0.489 e. The van der Waals surface area contributed by atoms with Gasteiger partial charge in [0.15, 0.2) is 0 Å². The smallest absolute Gasteiger partial charge is 0.373 e. The molecule has 0 atom stereocenters. The number of benzene rings is 5. The molecule has 0 radical (unpaired) electrons. The van der Waals surface area contributed by atoms with Crippen molar-refractivity contribution in [3.63, 3.8) is 0 Å². The molecule has 19 heteroatoms. The van der Waals surface area contributed by atoms with Crippen molar-refractivity contribution in [3.8, 4) is 5.75 Å². The molecule has 0 unspecified atom stereocenters. The van der Waals surface area contributed by atoms with Crippen LogP contribution in [0.1, 0.15) is 5.56 Å². The third kappa shape index (κ3) is 19.8. The Hall–Kier alpha value is -5.73. The van der Waals surface area contributed by atoms with E-state index in [1.165, 1.54) is 28.6 Å². The van der Waals surface area contributed by atoms with Crippen molar-refractivity contribution in [2.45, 2.75) is 21.3 Å². The highest BCUT2D eigenvalue weighted by Gasteiger charge is 2.20. The summed E-state index contributed by atoms with van der Waals surface area (Å²) in [6.45, 7) is 0.471. The molecule has 0 N–H and O–H groups in total. The molecular weight excluding hydrogens is 809 g/mol. The number of anilines is 1. The van der Waals surface area contributed by atoms with E-state index < -0.39 is 28.1 Å². The van der Waals surface area contributed by atoms with E-state index in [0.717, 1.165) is 5.56 Å². The number of hydrogen-bond acceptors (Lipinski definition) is 13. The highest BCUT2D eigenvalue weighted by Crippen LogP contribution is 2.24. The van der Waals surface area contributed by atoms with Crippen LogP contribution in [0, 0.1) is 0 Å². The van der Waals surface area contributed by atoms with E-state index in [2.05, 4.69) is 0 Å². The van der Waals surface area contributed by atoms with Gasteiger partial charge in [0.2, 0.25) is 0 Å². The van der Waals surface area contributed by atoms with Gasteiger partial charge in [-0.25, -0.2) is 25.3 Å². The summed E-state index contributed by atoms with van der Waals surface area (Å²) < 4.78 is 74.6. The molecule has 0 aliphatic heterocycles. The van der Waals surface area contributed by atoms with Crippen LogP contribution in [0.2, 0.25) is 0 Å². The van der Waals surface area contributed by atoms with E-state index in [1.807, 2.05) is 30.3 Å². The second-order valence-electron chi connectivity index (χ2n) is 9.31. The molecule has 284 valence electrons. The van der Waals surface area contributed by atoms with Gasteiger partial charge in [0, 0.05) is 28.4 Å². The molecule has 0 spiro atoms. The molecule has 0 aliphatic carbocycles. The summed E-state index contributed by atoms with van der Waals surface area (Å²) >= 11 is 0. The monoisotopic (exact) mass is 837 g/mol. The Kier molecular flexibility index (Phi) is 23.3. The van der Waals surface area contributed by atoms with Gasteiger partial charge < -0.3 is 4.74 Å². The van der Waals surface area contributed by atoms with Crippen LogP contribution in [-0.4, -0.2) is 50.8 Å². The first kappa shape index (κ1) is 48.3. The van der Waals surface area contributed by atoms with Crippen LogP contribution in [0.3, 0.4) is 0 Å². The summed E-state index contributed by atoms with van der Waals surface area (Å²) in [7, 11) is 0.977. The quantitative estimate of drug-likeness (QED) is 0.175. The summed E-state index contributed by atoms with van der Waals surface area (Å²) in [6.07, 6.45) is 0.750. The third-order valence-corrected chi connectivity index (χ3v) is 10.4. The van der Waals surface area contributed by atoms with Crippen LogP contribution >= 0.6 is 21.4 Å². The third-order valence-electron chi connectivity index (χ3n) is 5.90. The van der Waals surface area contributed by atoms with E-state index in [1.54, 1.807) is 98.0 Å². The molecule has 54 heavy (non-hydrogen) atoms. The molecular formula is C35H29Cl2NO13S3. The van der Waals surface area contributed by atoms with Crippen molar-refractivity contribution >= 4 is 73.6 Å². The van der Waals surface area contributed by atoms with Crippen molar-refractivity contribution in [2.75, 3.05) is 11.4 Å². The van der Waals surface area contributed by atoms with Crippen molar-refractivity contribution in [1.82, 2.24) is 0 Å². The highest BCUT2D eigenvalue weighted by molar-refractivity contribution is 8.14. The average molecular weight is 839 g/mol. The van der Waals surface area contributed by atoms with Gasteiger partial charge in [0.05, 0.1) is 20.4 Å². The van der Waals surface area contributed by atoms with Crippen LogP contribution in [0.25, 0.3) is 0 Å². The van der Waals surface area contributed by atoms with Crippen molar-refractivity contribution < 1.29 is 58.8 Å². The van der Waals surface area contributed by atoms with E-state index in [0.29, 0.717) is 18.0 Å². The van der Waals surface area contributed by atoms with Crippen LogP contribution in [0.4, 0.5) is 5.69 Å². The zero-order chi connectivity index (χ0) is 41.0. The van der Waals surface area contributed by atoms with Crippen LogP contribution in [0.5, 0.6) is 5.75 Å². The molecule has 5 aromatic carbocycles. The van der Waals surface area contributed by atoms with E-state index >= 15 is 0 Å². The molecule has 0 bridgehead atoms. The lowest BCUT2D eigenvalue weighted by atomic mass is 10.2. The fraction of sp³-hybridized carbons (Fsp3) is 0.0571. The first-order valence-electron chi connectivity index (χ1n) is 14.3. The number of hydrogen-bond donors (Lipinski definition) is 0. The second kappa shape index (κ2) is 26.1. The SMILES string of the molecule is CN(c1ccc(OCc2ccccc2)cc1)S(=O)(=O)c1ccccc1.O=C=O.O=C=O.O=C=O.O=S(=O)(Cl)c1ccccc1.O=S(=O)(Cl)c1ccccc1. The fourth-order valence-corrected chi connectivity index (χ4v) is 6.35. The zero-order valence-corrected chi connectivity index (χ0v) is 31.8. The Bertz CT molecular complexity index is 2150. The molecule has 14 nitrogen and oxygen atoms in total. The molecule has 0 saturated heterocycles. The largest absolute Gasteiger partial charge is 0.489 e. The van der Waals surface area contributed by atoms with Gasteiger partial charge in [-0.3, -0.25) is 4.31 Å². The van der Waals surface area contributed by atoms with Gasteiger partial charge in [-0.15, -0.1) is 0 Å². The molecule has 5 aromatic rings. The number of rotatable bonds is 8.